The van der Waals surface area contributed by atoms with Crippen LogP contribution in [0.3, 0.4) is 0 Å². The molecule has 1 unspecified atom stereocenters. The van der Waals surface area contributed by atoms with Gasteiger partial charge in [0.05, 0.1) is 10.6 Å². The highest BCUT2D eigenvalue weighted by molar-refractivity contribution is 6.34. The first-order valence-electron chi connectivity index (χ1n) is 5.74. The lowest BCUT2D eigenvalue weighted by Crippen LogP contribution is -2.32. The first-order valence-corrected chi connectivity index (χ1v) is 6.12. The highest BCUT2D eigenvalue weighted by atomic mass is 35.5. The van der Waals surface area contributed by atoms with E-state index in [1.165, 1.54) is 0 Å². The lowest BCUT2D eigenvalue weighted by molar-refractivity contribution is 0.0948. The molecule has 0 radical (unpaired) electrons. The molecule has 0 aliphatic carbocycles. The summed E-state index contributed by atoms with van der Waals surface area (Å²) in [6.45, 7) is 5.49. The average molecular weight is 255 g/mol. The zero-order valence-electron chi connectivity index (χ0n) is 10.5. The van der Waals surface area contributed by atoms with E-state index in [-0.39, 0.29) is 5.91 Å². The molecule has 1 rings (SSSR count). The van der Waals surface area contributed by atoms with E-state index in [0.29, 0.717) is 23.0 Å². The van der Waals surface area contributed by atoms with Gasteiger partial charge in [0.2, 0.25) is 0 Å². The lowest BCUT2D eigenvalue weighted by atomic mass is 10.1. The molecule has 17 heavy (non-hydrogen) atoms. The van der Waals surface area contributed by atoms with Gasteiger partial charge in [0.25, 0.3) is 5.91 Å². The number of rotatable bonds is 5. The fourth-order valence-corrected chi connectivity index (χ4v) is 1.82. The van der Waals surface area contributed by atoms with Crippen molar-refractivity contribution in [1.29, 1.82) is 0 Å². The molecular weight excluding hydrogens is 236 g/mol. The Hall–Kier alpha value is -1.06. The van der Waals surface area contributed by atoms with Crippen molar-refractivity contribution in [1.82, 2.24) is 10.6 Å². The second-order valence-electron chi connectivity index (χ2n) is 4.31. The molecule has 0 spiro atoms. The van der Waals surface area contributed by atoms with Crippen LogP contribution in [0.5, 0.6) is 0 Å². The monoisotopic (exact) mass is 254 g/mol. The summed E-state index contributed by atoms with van der Waals surface area (Å²) in [5.74, 6) is 0.286. The van der Waals surface area contributed by atoms with Gasteiger partial charge in [0.15, 0.2) is 0 Å². The van der Waals surface area contributed by atoms with Gasteiger partial charge in [-0.25, -0.2) is 0 Å². The SMILES string of the molecule is CNCC(C)CNC(=O)c1cccc(C)c1Cl. The van der Waals surface area contributed by atoms with E-state index in [9.17, 15) is 4.79 Å². The first kappa shape index (κ1) is 14.0. The Morgan fingerprint density at radius 1 is 1.41 bits per heavy atom. The smallest absolute Gasteiger partial charge is 0.252 e. The van der Waals surface area contributed by atoms with Gasteiger partial charge in [-0.3, -0.25) is 4.79 Å². The summed E-state index contributed by atoms with van der Waals surface area (Å²) in [7, 11) is 1.90. The first-order chi connectivity index (χ1) is 8.06. The van der Waals surface area contributed by atoms with Crippen LogP contribution in [-0.4, -0.2) is 26.0 Å². The minimum Gasteiger partial charge on any atom is -0.352 e. The van der Waals surface area contributed by atoms with E-state index in [1.54, 1.807) is 6.07 Å². The Kier molecular flexibility index (Phi) is 5.45. The predicted molar refractivity (Wildman–Crippen MR) is 71.6 cm³/mol. The summed E-state index contributed by atoms with van der Waals surface area (Å²) in [4.78, 5) is 11.9. The second-order valence-corrected chi connectivity index (χ2v) is 4.69. The molecule has 1 amide bonds. The molecule has 3 nitrogen and oxygen atoms in total. The van der Waals surface area contributed by atoms with Crippen molar-refractivity contribution in [3.05, 3.63) is 34.3 Å². The Labute approximate surface area is 108 Å². The number of halogens is 1. The van der Waals surface area contributed by atoms with Crippen LogP contribution < -0.4 is 10.6 Å². The van der Waals surface area contributed by atoms with E-state index in [4.69, 9.17) is 11.6 Å². The molecule has 2 N–H and O–H groups in total. The van der Waals surface area contributed by atoms with Gasteiger partial charge in [-0.05, 0) is 38.1 Å². The van der Waals surface area contributed by atoms with Crippen molar-refractivity contribution in [2.24, 2.45) is 5.92 Å². The van der Waals surface area contributed by atoms with E-state index in [0.717, 1.165) is 12.1 Å². The Morgan fingerprint density at radius 2 is 2.12 bits per heavy atom. The molecule has 94 valence electrons. The maximum Gasteiger partial charge on any atom is 0.252 e. The zero-order valence-corrected chi connectivity index (χ0v) is 11.3. The minimum atomic E-state index is -0.110. The van der Waals surface area contributed by atoms with Gasteiger partial charge in [0, 0.05) is 6.54 Å². The van der Waals surface area contributed by atoms with Gasteiger partial charge in [-0.15, -0.1) is 0 Å². The highest BCUT2D eigenvalue weighted by Gasteiger charge is 2.12. The summed E-state index contributed by atoms with van der Waals surface area (Å²) in [5, 5.41) is 6.50. The Morgan fingerprint density at radius 3 is 2.76 bits per heavy atom. The van der Waals surface area contributed by atoms with Crippen LogP contribution in [0.1, 0.15) is 22.8 Å². The number of carbonyl (C=O) groups excluding carboxylic acids is 1. The van der Waals surface area contributed by atoms with Crippen molar-refractivity contribution in [2.45, 2.75) is 13.8 Å². The molecular formula is C13H19ClN2O. The van der Waals surface area contributed by atoms with Crippen LogP contribution in [0.4, 0.5) is 0 Å². The highest BCUT2D eigenvalue weighted by Crippen LogP contribution is 2.19. The second kappa shape index (κ2) is 6.62. The maximum absolute atomic E-state index is 11.9. The third kappa shape index (κ3) is 4.02. The summed E-state index contributed by atoms with van der Waals surface area (Å²) >= 11 is 6.09. The van der Waals surface area contributed by atoms with Crippen LogP contribution in [-0.2, 0) is 0 Å². The quantitative estimate of drug-likeness (QED) is 0.846. The van der Waals surface area contributed by atoms with Gasteiger partial charge < -0.3 is 10.6 Å². The molecule has 0 aliphatic heterocycles. The van der Waals surface area contributed by atoms with Crippen LogP contribution in [0.15, 0.2) is 18.2 Å². The molecule has 0 saturated carbocycles. The molecule has 1 atom stereocenters. The number of nitrogens with one attached hydrogen (secondary N) is 2. The summed E-state index contributed by atoms with van der Waals surface area (Å²) < 4.78 is 0. The molecule has 0 bridgehead atoms. The van der Waals surface area contributed by atoms with Crippen LogP contribution in [0.25, 0.3) is 0 Å². The summed E-state index contributed by atoms with van der Waals surface area (Å²) in [5.41, 5.74) is 1.46. The Bertz CT molecular complexity index is 393. The normalized spacial score (nSPS) is 12.2. The fourth-order valence-electron chi connectivity index (χ4n) is 1.61. The molecule has 4 heteroatoms. The number of benzene rings is 1. The molecule has 0 heterocycles. The minimum absolute atomic E-state index is 0.110. The van der Waals surface area contributed by atoms with Crippen molar-refractivity contribution >= 4 is 17.5 Å². The average Bonchev–Trinajstić information content (AvgIpc) is 2.30. The molecule has 1 aromatic rings. The summed E-state index contributed by atoms with van der Waals surface area (Å²) in [6, 6.07) is 5.48. The van der Waals surface area contributed by atoms with Crippen LogP contribution in [0.2, 0.25) is 5.02 Å². The van der Waals surface area contributed by atoms with Gasteiger partial charge in [0.1, 0.15) is 0 Å². The largest absolute Gasteiger partial charge is 0.352 e. The van der Waals surface area contributed by atoms with Crippen molar-refractivity contribution in [3.63, 3.8) is 0 Å². The molecule has 0 aromatic heterocycles. The van der Waals surface area contributed by atoms with Crippen molar-refractivity contribution in [2.75, 3.05) is 20.1 Å². The van der Waals surface area contributed by atoms with Crippen molar-refractivity contribution in [3.8, 4) is 0 Å². The van der Waals surface area contributed by atoms with Gasteiger partial charge in [-0.1, -0.05) is 30.7 Å². The third-order valence-corrected chi connectivity index (χ3v) is 3.10. The Balaban J connectivity index is 2.61. The van der Waals surface area contributed by atoms with Crippen molar-refractivity contribution < 1.29 is 4.79 Å². The number of hydrogen-bond acceptors (Lipinski definition) is 2. The van der Waals surface area contributed by atoms with Crippen LogP contribution in [0, 0.1) is 12.8 Å². The molecule has 0 aliphatic rings. The molecule has 1 aromatic carbocycles. The van der Waals surface area contributed by atoms with E-state index in [1.807, 2.05) is 26.1 Å². The standard InChI is InChI=1S/C13H19ClN2O/c1-9(7-15-3)8-16-13(17)11-6-4-5-10(2)12(11)14/h4-6,9,15H,7-8H2,1-3H3,(H,16,17). The van der Waals surface area contributed by atoms with E-state index < -0.39 is 0 Å². The topological polar surface area (TPSA) is 41.1 Å². The molecule has 0 saturated heterocycles. The number of carbonyl (C=O) groups is 1. The predicted octanol–water partition coefficient (Wildman–Crippen LogP) is 2.23. The van der Waals surface area contributed by atoms with Gasteiger partial charge >= 0.3 is 0 Å². The van der Waals surface area contributed by atoms with E-state index >= 15 is 0 Å². The number of aryl methyl sites for hydroxylation is 1. The zero-order chi connectivity index (χ0) is 12.8. The fraction of sp³-hybridized carbons (Fsp3) is 0.462. The molecule has 0 fully saturated rings. The maximum atomic E-state index is 11.9. The van der Waals surface area contributed by atoms with E-state index in [2.05, 4.69) is 17.6 Å². The number of hydrogen-bond donors (Lipinski definition) is 2. The number of amides is 1. The van der Waals surface area contributed by atoms with Crippen LogP contribution >= 0.6 is 11.6 Å². The third-order valence-electron chi connectivity index (χ3n) is 2.60. The van der Waals surface area contributed by atoms with Gasteiger partial charge in [-0.2, -0.15) is 0 Å². The lowest BCUT2D eigenvalue weighted by Gasteiger charge is -2.13. The summed E-state index contributed by atoms with van der Waals surface area (Å²) in [6.07, 6.45) is 0.